The molecule has 0 saturated carbocycles. The second-order valence-corrected chi connectivity index (χ2v) is 6.69. The first-order chi connectivity index (χ1) is 13.0. The molecule has 138 valence electrons. The van der Waals surface area contributed by atoms with Crippen LogP contribution >= 0.6 is 0 Å². The predicted molar refractivity (Wildman–Crippen MR) is 101 cm³/mol. The van der Waals surface area contributed by atoms with E-state index in [1.165, 1.54) is 0 Å². The smallest absolute Gasteiger partial charge is 0.231 e. The first-order valence-electron chi connectivity index (χ1n) is 8.72. The van der Waals surface area contributed by atoms with E-state index >= 15 is 0 Å². The van der Waals surface area contributed by atoms with Crippen molar-refractivity contribution in [2.45, 2.75) is 27.2 Å². The number of fused-ring (bicyclic) bond motifs is 1. The maximum atomic E-state index is 12.4. The molecule has 4 rings (SSSR count). The van der Waals surface area contributed by atoms with E-state index in [0.29, 0.717) is 28.8 Å². The van der Waals surface area contributed by atoms with Crippen LogP contribution in [0, 0.1) is 20.8 Å². The highest BCUT2D eigenvalue weighted by atomic mass is 16.7. The van der Waals surface area contributed by atoms with Gasteiger partial charge in [0.15, 0.2) is 11.5 Å². The molecular weight excluding hydrogens is 344 g/mol. The number of benzene rings is 2. The SMILES string of the molecule is Cc1cc(C)cc(NC(=O)Cc2nc(-c3ccc4c(c3)OCO4)oc2C)c1. The van der Waals surface area contributed by atoms with Crippen molar-refractivity contribution in [3.63, 3.8) is 0 Å². The third kappa shape index (κ3) is 3.65. The summed E-state index contributed by atoms with van der Waals surface area (Å²) in [6.45, 7) is 6.03. The molecule has 0 atom stereocenters. The lowest BCUT2D eigenvalue weighted by molar-refractivity contribution is -0.115. The van der Waals surface area contributed by atoms with Gasteiger partial charge in [-0.05, 0) is 62.2 Å². The number of carbonyl (C=O) groups excluding carboxylic acids is 1. The number of amides is 1. The third-order valence-electron chi connectivity index (χ3n) is 4.35. The van der Waals surface area contributed by atoms with Crippen molar-refractivity contribution in [3.8, 4) is 23.0 Å². The monoisotopic (exact) mass is 364 g/mol. The number of anilines is 1. The van der Waals surface area contributed by atoms with Crippen LogP contribution in [0.4, 0.5) is 5.69 Å². The maximum absolute atomic E-state index is 12.4. The van der Waals surface area contributed by atoms with Gasteiger partial charge in [-0.25, -0.2) is 4.98 Å². The Balaban J connectivity index is 1.50. The summed E-state index contributed by atoms with van der Waals surface area (Å²) < 4.78 is 16.5. The second-order valence-electron chi connectivity index (χ2n) is 6.69. The summed E-state index contributed by atoms with van der Waals surface area (Å²) in [6, 6.07) is 11.5. The van der Waals surface area contributed by atoms with Crippen molar-refractivity contribution in [1.29, 1.82) is 0 Å². The van der Waals surface area contributed by atoms with Gasteiger partial charge in [-0.1, -0.05) is 6.07 Å². The van der Waals surface area contributed by atoms with Crippen molar-refractivity contribution >= 4 is 11.6 Å². The number of hydrogen-bond acceptors (Lipinski definition) is 5. The first kappa shape index (κ1) is 17.1. The lowest BCUT2D eigenvalue weighted by Gasteiger charge is -2.06. The second kappa shape index (κ2) is 6.79. The van der Waals surface area contributed by atoms with Gasteiger partial charge in [0.25, 0.3) is 0 Å². The molecule has 3 aromatic rings. The molecule has 2 heterocycles. The summed E-state index contributed by atoms with van der Waals surface area (Å²) in [7, 11) is 0. The van der Waals surface area contributed by atoms with Crippen molar-refractivity contribution < 1.29 is 18.7 Å². The minimum Gasteiger partial charge on any atom is -0.454 e. The van der Waals surface area contributed by atoms with Crippen LogP contribution in [0.25, 0.3) is 11.5 Å². The summed E-state index contributed by atoms with van der Waals surface area (Å²) in [4.78, 5) is 16.9. The molecule has 1 N–H and O–H groups in total. The molecule has 6 nitrogen and oxygen atoms in total. The van der Waals surface area contributed by atoms with Crippen molar-refractivity contribution in [2.75, 3.05) is 12.1 Å². The Morgan fingerprint density at radius 1 is 1.04 bits per heavy atom. The number of carbonyl (C=O) groups is 1. The Kier molecular flexibility index (Phi) is 4.32. The molecule has 0 bridgehead atoms. The summed E-state index contributed by atoms with van der Waals surface area (Å²) in [5.41, 5.74) is 4.39. The van der Waals surface area contributed by atoms with Gasteiger partial charge in [0.2, 0.25) is 18.6 Å². The Morgan fingerprint density at radius 2 is 1.78 bits per heavy atom. The fourth-order valence-electron chi connectivity index (χ4n) is 3.15. The fourth-order valence-corrected chi connectivity index (χ4v) is 3.15. The summed E-state index contributed by atoms with van der Waals surface area (Å²) in [5, 5.41) is 2.93. The van der Waals surface area contributed by atoms with E-state index in [9.17, 15) is 4.79 Å². The Bertz CT molecular complexity index is 1000. The van der Waals surface area contributed by atoms with Crippen LogP contribution < -0.4 is 14.8 Å². The van der Waals surface area contributed by atoms with Gasteiger partial charge in [-0.3, -0.25) is 4.79 Å². The average molecular weight is 364 g/mol. The molecule has 0 aliphatic carbocycles. The van der Waals surface area contributed by atoms with Crippen LogP contribution in [-0.2, 0) is 11.2 Å². The van der Waals surface area contributed by atoms with Crippen LogP contribution in [0.15, 0.2) is 40.8 Å². The molecule has 0 radical (unpaired) electrons. The van der Waals surface area contributed by atoms with Gasteiger partial charge in [-0.15, -0.1) is 0 Å². The zero-order valence-corrected chi connectivity index (χ0v) is 15.5. The topological polar surface area (TPSA) is 73.6 Å². The van der Waals surface area contributed by atoms with E-state index in [2.05, 4.69) is 16.4 Å². The van der Waals surface area contributed by atoms with Crippen LogP contribution in [0.3, 0.4) is 0 Å². The number of nitrogens with zero attached hydrogens (tertiary/aromatic N) is 1. The number of nitrogens with one attached hydrogen (secondary N) is 1. The highest BCUT2D eigenvalue weighted by molar-refractivity contribution is 5.92. The number of oxazole rings is 1. The van der Waals surface area contributed by atoms with Gasteiger partial charge in [-0.2, -0.15) is 0 Å². The molecule has 0 saturated heterocycles. The quantitative estimate of drug-likeness (QED) is 0.752. The molecule has 1 amide bonds. The Morgan fingerprint density at radius 3 is 2.56 bits per heavy atom. The molecule has 27 heavy (non-hydrogen) atoms. The normalized spacial score (nSPS) is 12.3. The number of hydrogen-bond donors (Lipinski definition) is 1. The van der Waals surface area contributed by atoms with Crippen LogP contribution in [-0.4, -0.2) is 17.7 Å². The number of ether oxygens (including phenoxy) is 2. The molecular formula is C21H20N2O4. The minimum absolute atomic E-state index is 0.131. The lowest BCUT2D eigenvalue weighted by atomic mass is 10.1. The molecule has 1 aliphatic heterocycles. The van der Waals surface area contributed by atoms with E-state index in [-0.39, 0.29) is 19.1 Å². The van der Waals surface area contributed by atoms with Crippen LogP contribution in [0.5, 0.6) is 11.5 Å². The first-order valence-corrected chi connectivity index (χ1v) is 8.72. The lowest BCUT2D eigenvalue weighted by Crippen LogP contribution is -2.15. The minimum atomic E-state index is -0.131. The summed E-state index contributed by atoms with van der Waals surface area (Å²) >= 11 is 0. The Labute approximate surface area is 157 Å². The standard InChI is InChI=1S/C21H20N2O4/c1-12-6-13(2)8-16(7-12)22-20(24)10-17-14(3)27-21(23-17)15-4-5-18-19(9-15)26-11-25-18/h4-9H,10-11H2,1-3H3,(H,22,24). The molecule has 0 spiro atoms. The predicted octanol–water partition coefficient (Wildman–Crippen LogP) is 4.18. The molecule has 1 aliphatic rings. The van der Waals surface area contributed by atoms with Gasteiger partial charge in [0.05, 0.1) is 12.1 Å². The Hall–Kier alpha value is -3.28. The number of rotatable bonds is 4. The van der Waals surface area contributed by atoms with Gasteiger partial charge in [0.1, 0.15) is 5.76 Å². The van der Waals surface area contributed by atoms with E-state index < -0.39 is 0 Å². The van der Waals surface area contributed by atoms with Gasteiger partial charge >= 0.3 is 0 Å². The van der Waals surface area contributed by atoms with Crippen LogP contribution in [0.1, 0.15) is 22.6 Å². The van der Waals surface area contributed by atoms with E-state index in [4.69, 9.17) is 13.9 Å². The van der Waals surface area contributed by atoms with Crippen molar-refractivity contribution in [1.82, 2.24) is 4.98 Å². The highest BCUT2D eigenvalue weighted by Crippen LogP contribution is 2.36. The summed E-state index contributed by atoms with van der Waals surface area (Å²) in [5.74, 6) is 2.32. The van der Waals surface area contributed by atoms with E-state index in [0.717, 1.165) is 22.4 Å². The zero-order chi connectivity index (χ0) is 19.0. The third-order valence-corrected chi connectivity index (χ3v) is 4.35. The van der Waals surface area contributed by atoms with Crippen LogP contribution in [0.2, 0.25) is 0 Å². The van der Waals surface area contributed by atoms with Crippen molar-refractivity contribution in [2.24, 2.45) is 0 Å². The largest absolute Gasteiger partial charge is 0.454 e. The molecule has 6 heteroatoms. The van der Waals surface area contributed by atoms with Crippen molar-refractivity contribution in [3.05, 3.63) is 59.0 Å². The zero-order valence-electron chi connectivity index (χ0n) is 15.5. The number of aromatic nitrogens is 1. The number of aryl methyl sites for hydroxylation is 3. The fraction of sp³-hybridized carbons (Fsp3) is 0.238. The highest BCUT2D eigenvalue weighted by Gasteiger charge is 2.18. The molecule has 1 aromatic heterocycles. The van der Waals surface area contributed by atoms with E-state index in [1.54, 1.807) is 0 Å². The molecule has 2 aromatic carbocycles. The maximum Gasteiger partial charge on any atom is 0.231 e. The van der Waals surface area contributed by atoms with Gasteiger partial charge < -0.3 is 19.2 Å². The van der Waals surface area contributed by atoms with E-state index in [1.807, 2.05) is 51.1 Å². The average Bonchev–Trinajstić information content (AvgIpc) is 3.20. The van der Waals surface area contributed by atoms with Gasteiger partial charge in [0, 0.05) is 11.3 Å². The molecule has 0 fully saturated rings. The molecule has 0 unspecified atom stereocenters. The summed E-state index contributed by atoms with van der Waals surface area (Å²) in [6.07, 6.45) is 0.146.